The topological polar surface area (TPSA) is 63.6 Å². The molecule has 0 radical (unpaired) electrons. The van der Waals surface area contributed by atoms with Crippen LogP contribution in [0.1, 0.15) is 20.7 Å². The van der Waals surface area contributed by atoms with Crippen molar-refractivity contribution in [2.45, 2.75) is 0 Å². The molecule has 4 nitrogen and oxygen atoms in total. The highest BCUT2D eigenvalue weighted by Crippen LogP contribution is 2.34. The zero-order chi connectivity index (χ0) is 14.7. The minimum atomic E-state index is -1.17. The van der Waals surface area contributed by atoms with Gasteiger partial charge in [0.15, 0.2) is 5.75 Å². The lowest BCUT2D eigenvalue weighted by Gasteiger charge is -2.09. The second-order valence-corrected chi connectivity index (χ2v) is 4.64. The van der Waals surface area contributed by atoms with Crippen molar-refractivity contribution < 1.29 is 19.4 Å². The van der Waals surface area contributed by atoms with Crippen molar-refractivity contribution in [1.82, 2.24) is 0 Å². The Morgan fingerprint density at radius 3 is 2.00 bits per heavy atom. The molecule has 0 aliphatic carbocycles. The van der Waals surface area contributed by atoms with Gasteiger partial charge < -0.3 is 9.84 Å². The van der Waals surface area contributed by atoms with E-state index in [0.29, 0.717) is 5.56 Å². The van der Waals surface area contributed by atoms with Crippen LogP contribution < -0.4 is 4.74 Å². The van der Waals surface area contributed by atoms with Gasteiger partial charge >= 0.3 is 11.9 Å². The highest BCUT2D eigenvalue weighted by Gasteiger charge is 2.17. The van der Waals surface area contributed by atoms with E-state index in [4.69, 9.17) is 33.0 Å². The maximum absolute atomic E-state index is 11.9. The van der Waals surface area contributed by atoms with Crippen molar-refractivity contribution in [2.24, 2.45) is 0 Å². The molecule has 0 atom stereocenters. The molecule has 1 N–H and O–H groups in total. The van der Waals surface area contributed by atoms with Gasteiger partial charge in [-0.2, -0.15) is 0 Å². The molecule has 2 aromatic carbocycles. The van der Waals surface area contributed by atoms with Crippen LogP contribution in [0, 0.1) is 0 Å². The summed E-state index contributed by atoms with van der Waals surface area (Å²) in [5.74, 6) is -1.86. The summed E-state index contributed by atoms with van der Waals surface area (Å²) < 4.78 is 5.10. The number of rotatable bonds is 3. The first-order valence-corrected chi connectivity index (χ1v) is 6.24. The predicted molar refractivity (Wildman–Crippen MR) is 74.8 cm³/mol. The van der Waals surface area contributed by atoms with Crippen LogP contribution in [0.3, 0.4) is 0 Å². The molecule has 0 fully saturated rings. The molecule has 6 heteroatoms. The quantitative estimate of drug-likeness (QED) is 0.689. The molecule has 102 valence electrons. The standard InChI is InChI=1S/C14H8Cl2O4/c15-10-6-9(13(17)18)7-11(16)12(10)20-14(19)8-4-2-1-3-5-8/h1-7H,(H,17,18). The van der Waals surface area contributed by atoms with E-state index in [9.17, 15) is 9.59 Å². The van der Waals surface area contributed by atoms with E-state index < -0.39 is 11.9 Å². The first kappa shape index (κ1) is 14.4. The molecule has 0 saturated heterocycles. The average molecular weight is 311 g/mol. The smallest absolute Gasteiger partial charge is 0.343 e. The molecule has 0 unspecified atom stereocenters. The van der Waals surface area contributed by atoms with Crippen molar-refractivity contribution in [3.63, 3.8) is 0 Å². The van der Waals surface area contributed by atoms with Crippen LogP contribution in [0.4, 0.5) is 0 Å². The van der Waals surface area contributed by atoms with Crippen molar-refractivity contribution in [3.8, 4) is 5.75 Å². The molecule has 0 amide bonds. The summed E-state index contributed by atoms with van der Waals surface area (Å²) in [6.45, 7) is 0. The van der Waals surface area contributed by atoms with E-state index in [1.54, 1.807) is 30.3 Å². The number of carboxylic acids is 1. The fourth-order valence-corrected chi connectivity index (χ4v) is 2.07. The lowest BCUT2D eigenvalue weighted by molar-refractivity contribution is 0.0696. The molecule has 2 rings (SSSR count). The number of halogens is 2. The molecular formula is C14H8Cl2O4. The summed E-state index contributed by atoms with van der Waals surface area (Å²) >= 11 is 11.8. The van der Waals surface area contributed by atoms with Gasteiger partial charge in [0, 0.05) is 0 Å². The molecule has 0 saturated carbocycles. The summed E-state index contributed by atoms with van der Waals surface area (Å²) in [6.07, 6.45) is 0. The van der Waals surface area contributed by atoms with Crippen molar-refractivity contribution in [1.29, 1.82) is 0 Å². The van der Waals surface area contributed by atoms with Crippen LogP contribution in [-0.4, -0.2) is 17.0 Å². The van der Waals surface area contributed by atoms with Gasteiger partial charge in [-0.25, -0.2) is 9.59 Å². The first-order chi connectivity index (χ1) is 9.49. The maximum atomic E-state index is 11.9. The lowest BCUT2D eigenvalue weighted by atomic mass is 10.2. The van der Waals surface area contributed by atoms with Gasteiger partial charge in [-0.15, -0.1) is 0 Å². The second-order valence-electron chi connectivity index (χ2n) is 3.83. The van der Waals surface area contributed by atoms with E-state index in [1.807, 2.05) is 0 Å². The Hall–Kier alpha value is -2.04. The summed E-state index contributed by atoms with van der Waals surface area (Å²) in [7, 11) is 0. The number of benzene rings is 2. The van der Waals surface area contributed by atoms with Gasteiger partial charge in [-0.3, -0.25) is 0 Å². The van der Waals surface area contributed by atoms with Gasteiger partial charge in [0.05, 0.1) is 21.2 Å². The molecule has 0 aliphatic heterocycles. The summed E-state index contributed by atoms with van der Waals surface area (Å²) in [5.41, 5.74) is 0.251. The third-order valence-corrected chi connectivity index (χ3v) is 3.01. The van der Waals surface area contributed by atoms with Gasteiger partial charge in [0.25, 0.3) is 0 Å². The van der Waals surface area contributed by atoms with Crippen molar-refractivity contribution in [3.05, 3.63) is 63.6 Å². The minimum absolute atomic E-state index is 0.0424. The Morgan fingerprint density at radius 1 is 0.950 bits per heavy atom. The van der Waals surface area contributed by atoms with Crippen molar-refractivity contribution >= 4 is 35.1 Å². The molecule has 0 spiro atoms. The van der Waals surface area contributed by atoms with Gasteiger partial charge in [0.1, 0.15) is 0 Å². The zero-order valence-corrected chi connectivity index (χ0v) is 11.5. The van der Waals surface area contributed by atoms with Crippen LogP contribution in [0.25, 0.3) is 0 Å². The number of hydrogen-bond donors (Lipinski definition) is 1. The molecule has 0 heterocycles. The first-order valence-electron chi connectivity index (χ1n) is 5.48. The zero-order valence-electron chi connectivity index (χ0n) is 9.97. The number of hydrogen-bond acceptors (Lipinski definition) is 3. The fourth-order valence-electron chi connectivity index (χ4n) is 1.51. The van der Waals surface area contributed by atoms with E-state index in [-0.39, 0.29) is 21.4 Å². The van der Waals surface area contributed by atoms with E-state index >= 15 is 0 Å². The normalized spacial score (nSPS) is 10.1. The Balaban J connectivity index is 2.31. The maximum Gasteiger partial charge on any atom is 0.343 e. The number of ether oxygens (including phenoxy) is 1. The Bertz CT molecular complexity index is 645. The summed E-state index contributed by atoms with van der Waals surface area (Å²) in [6, 6.07) is 10.6. The van der Waals surface area contributed by atoms with E-state index in [2.05, 4.69) is 0 Å². The predicted octanol–water partition coefficient (Wildman–Crippen LogP) is 3.91. The molecule has 20 heavy (non-hydrogen) atoms. The van der Waals surface area contributed by atoms with E-state index in [1.165, 1.54) is 12.1 Å². The van der Waals surface area contributed by atoms with Crippen LogP contribution in [-0.2, 0) is 0 Å². The fraction of sp³-hybridized carbons (Fsp3) is 0. The Morgan fingerprint density at radius 2 is 1.50 bits per heavy atom. The molecule has 0 bridgehead atoms. The summed E-state index contributed by atoms with van der Waals surface area (Å²) in [5, 5.41) is 8.77. The molecule has 0 aromatic heterocycles. The second kappa shape index (κ2) is 5.94. The van der Waals surface area contributed by atoms with Gasteiger partial charge in [-0.05, 0) is 24.3 Å². The van der Waals surface area contributed by atoms with Crippen LogP contribution in [0.2, 0.25) is 10.0 Å². The molecule has 2 aromatic rings. The Labute approximate surface area is 124 Å². The number of aromatic carboxylic acids is 1. The number of esters is 1. The number of carboxylic acid groups (broad SMARTS) is 1. The monoisotopic (exact) mass is 310 g/mol. The van der Waals surface area contributed by atoms with Crippen molar-refractivity contribution in [2.75, 3.05) is 0 Å². The van der Waals surface area contributed by atoms with Crippen LogP contribution >= 0.6 is 23.2 Å². The number of carbonyl (C=O) groups excluding carboxylic acids is 1. The Kier molecular flexibility index (Phi) is 4.27. The summed E-state index contributed by atoms with van der Waals surface area (Å²) in [4.78, 5) is 22.7. The highest BCUT2D eigenvalue weighted by molar-refractivity contribution is 6.37. The van der Waals surface area contributed by atoms with Crippen LogP contribution in [0.5, 0.6) is 5.75 Å². The van der Waals surface area contributed by atoms with E-state index in [0.717, 1.165) is 0 Å². The number of carbonyl (C=O) groups is 2. The lowest BCUT2D eigenvalue weighted by Crippen LogP contribution is -2.09. The minimum Gasteiger partial charge on any atom is -0.478 e. The third-order valence-electron chi connectivity index (χ3n) is 2.45. The largest absolute Gasteiger partial charge is 0.478 e. The average Bonchev–Trinajstić information content (AvgIpc) is 2.43. The molecule has 0 aliphatic rings. The van der Waals surface area contributed by atoms with Gasteiger partial charge in [0.2, 0.25) is 0 Å². The van der Waals surface area contributed by atoms with Gasteiger partial charge in [-0.1, -0.05) is 41.4 Å². The third kappa shape index (κ3) is 3.10. The SMILES string of the molecule is O=C(O)c1cc(Cl)c(OC(=O)c2ccccc2)c(Cl)c1. The van der Waals surface area contributed by atoms with Crippen LogP contribution in [0.15, 0.2) is 42.5 Å². The highest BCUT2D eigenvalue weighted by atomic mass is 35.5. The molecular weight excluding hydrogens is 303 g/mol.